The Morgan fingerprint density at radius 2 is 2.04 bits per heavy atom. The molecule has 1 aromatic rings. The van der Waals surface area contributed by atoms with Gasteiger partial charge in [0, 0.05) is 33.1 Å². The van der Waals surface area contributed by atoms with E-state index >= 15 is 0 Å². The molecule has 0 aliphatic carbocycles. The topological polar surface area (TPSA) is 108 Å². The lowest BCUT2D eigenvalue weighted by Gasteiger charge is -2.16. The maximum Gasteiger partial charge on any atom is 0.343 e. The Kier molecular flexibility index (Phi) is 4.24. The molecule has 1 atom stereocenters. The fourth-order valence-electron chi connectivity index (χ4n) is 2.30. The van der Waals surface area contributed by atoms with Gasteiger partial charge >= 0.3 is 5.97 Å². The van der Waals surface area contributed by atoms with E-state index in [9.17, 15) is 22.4 Å². The van der Waals surface area contributed by atoms with Crippen molar-refractivity contribution in [1.82, 2.24) is 9.21 Å². The second-order valence-corrected chi connectivity index (χ2v) is 7.69. The van der Waals surface area contributed by atoms with Crippen LogP contribution in [0.2, 0.25) is 0 Å². The molecule has 1 unspecified atom stereocenters. The fourth-order valence-corrected chi connectivity index (χ4v) is 3.35. The van der Waals surface area contributed by atoms with Crippen LogP contribution in [0.5, 0.6) is 0 Å². The van der Waals surface area contributed by atoms with E-state index < -0.39 is 34.1 Å². The lowest BCUT2D eigenvalue weighted by Crippen LogP contribution is -2.38. The number of carboxylic acid groups (broad SMARTS) is 1. The molecule has 1 aromatic heterocycles. The van der Waals surface area contributed by atoms with Gasteiger partial charge in [-0.2, -0.15) is 0 Å². The number of nitrogens with zero attached hydrogens (tertiary/aromatic N) is 2. The van der Waals surface area contributed by atoms with Crippen molar-refractivity contribution in [2.75, 3.05) is 27.2 Å². The standard InChI is InChI=1S/C13H17FN2O6S/c1-8-10(23(20,21)15(2)3)6-9(22-8)11(17)16-5-4-13(14,7-16)12(18)19/h6H,4-5,7H2,1-3H3,(H,18,19). The van der Waals surface area contributed by atoms with E-state index in [-0.39, 0.29) is 29.4 Å². The average molecular weight is 348 g/mol. The highest BCUT2D eigenvalue weighted by Gasteiger charge is 2.47. The Balaban J connectivity index is 2.28. The molecule has 0 bridgehead atoms. The largest absolute Gasteiger partial charge is 0.479 e. The predicted molar refractivity (Wildman–Crippen MR) is 76.3 cm³/mol. The number of hydrogen-bond donors (Lipinski definition) is 1. The molecule has 1 N–H and O–H groups in total. The van der Waals surface area contributed by atoms with E-state index in [1.807, 2.05) is 0 Å². The lowest BCUT2D eigenvalue weighted by atomic mass is 10.1. The first kappa shape index (κ1) is 17.4. The van der Waals surface area contributed by atoms with E-state index in [1.54, 1.807) is 0 Å². The third-order valence-electron chi connectivity index (χ3n) is 3.73. The molecule has 1 amide bonds. The van der Waals surface area contributed by atoms with Crippen LogP contribution in [0, 0.1) is 6.92 Å². The van der Waals surface area contributed by atoms with Crippen molar-refractivity contribution in [2.45, 2.75) is 23.9 Å². The molecule has 0 aromatic carbocycles. The van der Waals surface area contributed by atoms with Crippen LogP contribution in [0.1, 0.15) is 22.7 Å². The van der Waals surface area contributed by atoms with Crippen molar-refractivity contribution < 1.29 is 31.9 Å². The summed E-state index contributed by atoms with van der Waals surface area (Å²) < 4.78 is 44.4. The van der Waals surface area contributed by atoms with Crippen LogP contribution < -0.4 is 0 Å². The summed E-state index contributed by atoms with van der Waals surface area (Å²) in [5.74, 6) is -2.60. The van der Waals surface area contributed by atoms with Crippen LogP contribution in [-0.4, -0.2) is 67.5 Å². The van der Waals surface area contributed by atoms with Crippen molar-refractivity contribution in [3.63, 3.8) is 0 Å². The number of alkyl halides is 1. The lowest BCUT2D eigenvalue weighted by molar-refractivity contribution is -0.149. The van der Waals surface area contributed by atoms with E-state index in [0.29, 0.717) is 0 Å². The van der Waals surface area contributed by atoms with Gasteiger partial charge < -0.3 is 14.4 Å². The highest BCUT2D eigenvalue weighted by atomic mass is 32.2. The number of likely N-dealkylation sites (tertiary alicyclic amines) is 1. The molecule has 1 fully saturated rings. The minimum atomic E-state index is -3.78. The van der Waals surface area contributed by atoms with Gasteiger partial charge in [0.2, 0.25) is 15.7 Å². The Morgan fingerprint density at radius 1 is 1.43 bits per heavy atom. The van der Waals surface area contributed by atoms with Gasteiger partial charge in [0.15, 0.2) is 5.76 Å². The molecule has 1 saturated heterocycles. The summed E-state index contributed by atoms with van der Waals surface area (Å²) in [5, 5.41) is 8.84. The number of carboxylic acids is 1. The molecule has 1 aliphatic heterocycles. The van der Waals surface area contributed by atoms with Crippen LogP contribution in [0.15, 0.2) is 15.4 Å². The number of aliphatic carboxylic acids is 1. The highest BCUT2D eigenvalue weighted by molar-refractivity contribution is 7.89. The predicted octanol–water partition coefficient (Wildman–Crippen LogP) is 0.477. The first-order valence-corrected chi connectivity index (χ1v) is 8.17. The molecular weight excluding hydrogens is 331 g/mol. The van der Waals surface area contributed by atoms with Crippen molar-refractivity contribution in [2.24, 2.45) is 0 Å². The molecular formula is C13H17FN2O6S. The number of carbonyl (C=O) groups is 2. The van der Waals surface area contributed by atoms with Gasteiger partial charge in [-0.1, -0.05) is 0 Å². The first-order chi connectivity index (χ1) is 10.5. The third-order valence-corrected chi connectivity index (χ3v) is 5.65. The Morgan fingerprint density at radius 3 is 2.52 bits per heavy atom. The van der Waals surface area contributed by atoms with Crippen molar-refractivity contribution in [3.05, 3.63) is 17.6 Å². The van der Waals surface area contributed by atoms with Crippen LogP contribution >= 0.6 is 0 Å². The second-order valence-electron chi connectivity index (χ2n) is 5.57. The van der Waals surface area contributed by atoms with E-state index in [1.165, 1.54) is 21.0 Å². The number of furan rings is 1. The van der Waals surface area contributed by atoms with Gasteiger partial charge in [-0.25, -0.2) is 21.9 Å². The number of rotatable bonds is 4. The summed E-state index contributed by atoms with van der Waals surface area (Å²) in [5.41, 5.74) is -2.49. The van der Waals surface area contributed by atoms with Crippen molar-refractivity contribution in [1.29, 1.82) is 0 Å². The molecule has 0 saturated carbocycles. The average Bonchev–Trinajstić information content (AvgIpc) is 3.03. The monoisotopic (exact) mass is 348 g/mol. The summed E-state index contributed by atoms with van der Waals surface area (Å²) in [7, 11) is -1.10. The molecule has 0 spiro atoms. The first-order valence-electron chi connectivity index (χ1n) is 6.73. The number of carbonyl (C=O) groups excluding carboxylic acids is 1. The summed E-state index contributed by atoms with van der Waals surface area (Å²) in [6.45, 7) is 0.710. The molecule has 0 radical (unpaired) electrons. The zero-order valence-corrected chi connectivity index (χ0v) is 13.7. The minimum absolute atomic E-state index is 0.0333. The summed E-state index contributed by atoms with van der Waals surface area (Å²) in [6, 6.07) is 1.08. The Labute approximate surface area is 132 Å². The smallest absolute Gasteiger partial charge is 0.343 e. The van der Waals surface area contributed by atoms with E-state index in [0.717, 1.165) is 15.3 Å². The highest BCUT2D eigenvalue weighted by Crippen LogP contribution is 2.29. The van der Waals surface area contributed by atoms with Crippen LogP contribution in [0.3, 0.4) is 0 Å². The van der Waals surface area contributed by atoms with Crippen LogP contribution in [0.4, 0.5) is 4.39 Å². The minimum Gasteiger partial charge on any atom is -0.479 e. The molecule has 1 aliphatic rings. The second kappa shape index (κ2) is 5.60. The molecule has 2 heterocycles. The number of sulfonamides is 1. The quantitative estimate of drug-likeness (QED) is 0.848. The Hall–Kier alpha value is -1.94. The van der Waals surface area contributed by atoms with Crippen molar-refractivity contribution >= 4 is 21.9 Å². The third kappa shape index (κ3) is 2.95. The van der Waals surface area contributed by atoms with E-state index in [2.05, 4.69) is 0 Å². The number of amides is 1. The maximum atomic E-state index is 14.0. The van der Waals surface area contributed by atoms with Gasteiger partial charge in [0.1, 0.15) is 10.7 Å². The van der Waals surface area contributed by atoms with Crippen LogP contribution in [-0.2, 0) is 14.8 Å². The van der Waals surface area contributed by atoms with Gasteiger partial charge in [0.25, 0.3) is 5.91 Å². The zero-order chi connectivity index (χ0) is 17.6. The van der Waals surface area contributed by atoms with Gasteiger partial charge in [0.05, 0.1) is 6.54 Å². The van der Waals surface area contributed by atoms with E-state index in [4.69, 9.17) is 9.52 Å². The Bertz CT molecular complexity index is 757. The normalized spacial score (nSPS) is 21.9. The van der Waals surface area contributed by atoms with Gasteiger partial charge in [-0.3, -0.25) is 4.79 Å². The number of aryl methyl sites for hydroxylation is 1. The number of hydrogen-bond acceptors (Lipinski definition) is 5. The molecule has 128 valence electrons. The molecule has 8 nitrogen and oxygen atoms in total. The fraction of sp³-hybridized carbons (Fsp3) is 0.538. The van der Waals surface area contributed by atoms with Gasteiger partial charge in [-0.15, -0.1) is 0 Å². The SMILES string of the molecule is Cc1oc(C(=O)N2CCC(F)(C(=O)O)C2)cc1S(=O)(=O)N(C)C. The zero-order valence-electron chi connectivity index (χ0n) is 12.9. The molecule has 23 heavy (non-hydrogen) atoms. The molecule has 2 rings (SSSR count). The van der Waals surface area contributed by atoms with Crippen molar-refractivity contribution in [3.8, 4) is 0 Å². The summed E-state index contributed by atoms with van der Waals surface area (Å²) in [6.07, 6.45) is -0.323. The maximum absolute atomic E-state index is 14.0. The summed E-state index contributed by atoms with van der Waals surface area (Å²) in [4.78, 5) is 24.0. The summed E-state index contributed by atoms with van der Waals surface area (Å²) >= 11 is 0. The van der Waals surface area contributed by atoms with Crippen LogP contribution in [0.25, 0.3) is 0 Å². The number of halogens is 1. The van der Waals surface area contributed by atoms with Gasteiger partial charge in [-0.05, 0) is 6.92 Å². The molecule has 10 heteroatoms.